The van der Waals surface area contributed by atoms with E-state index in [9.17, 15) is 0 Å². The van der Waals surface area contributed by atoms with Gasteiger partial charge in [0.2, 0.25) is 0 Å². The van der Waals surface area contributed by atoms with Crippen LogP contribution in [0.25, 0.3) is 17.7 Å². The van der Waals surface area contributed by atoms with Gasteiger partial charge in [0.1, 0.15) is 0 Å². The molecule has 0 saturated heterocycles. The fourth-order valence-electron chi connectivity index (χ4n) is 5.50. The molecule has 0 radical (unpaired) electrons. The lowest BCUT2D eigenvalue weighted by Crippen LogP contribution is -2.21. The summed E-state index contributed by atoms with van der Waals surface area (Å²) in [6, 6.07) is 35.1. The van der Waals surface area contributed by atoms with E-state index < -0.39 is 0 Å². The van der Waals surface area contributed by atoms with E-state index in [0.717, 1.165) is 43.6 Å². The Morgan fingerprint density at radius 3 is 1.53 bits per heavy atom. The van der Waals surface area contributed by atoms with Gasteiger partial charge in [-0.05, 0) is 109 Å². The largest absolute Gasteiger partial charge is 0.385 e. The maximum absolute atomic E-state index is 4.09. The van der Waals surface area contributed by atoms with Crippen molar-refractivity contribution in [3.63, 3.8) is 0 Å². The Morgan fingerprint density at radius 2 is 1.07 bits per heavy atom. The topological polar surface area (TPSA) is 18.5 Å². The molecule has 0 spiro atoms. The second kappa shape index (κ2) is 15.7. The summed E-state index contributed by atoms with van der Waals surface area (Å²) in [5.41, 5.74) is 9.59. The Kier molecular flexibility index (Phi) is 11.4. The van der Waals surface area contributed by atoms with Gasteiger partial charge in [-0.1, -0.05) is 85.5 Å². The van der Waals surface area contributed by atoms with Gasteiger partial charge in [0.25, 0.3) is 0 Å². The molecule has 4 aromatic carbocycles. The number of hydrogen-bond acceptors (Lipinski definition) is 3. The molecule has 43 heavy (non-hydrogen) atoms. The lowest BCUT2D eigenvalue weighted by atomic mass is 9.96. The predicted octanol–water partition coefficient (Wildman–Crippen LogP) is 8.11. The molecule has 0 bridgehead atoms. The van der Waals surface area contributed by atoms with Crippen LogP contribution in [0.3, 0.4) is 0 Å². The molecule has 0 aliphatic heterocycles. The quantitative estimate of drug-likeness (QED) is 0.164. The van der Waals surface area contributed by atoms with E-state index in [0.29, 0.717) is 0 Å². The first-order chi connectivity index (χ1) is 21.0. The highest BCUT2D eigenvalue weighted by Gasteiger charge is 2.08. The number of nitrogens with zero attached hydrogens (tertiary/aromatic N) is 2. The molecule has 222 valence electrons. The zero-order valence-electron chi connectivity index (χ0n) is 26.6. The Bertz CT molecular complexity index is 1580. The third kappa shape index (κ3) is 8.08. The molecular formula is C40H47N3. The number of rotatable bonds is 13. The molecule has 3 heteroatoms. The second-order valence-electron chi connectivity index (χ2n) is 10.6. The fourth-order valence-corrected chi connectivity index (χ4v) is 5.50. The average molecular weight is 570 g/mol. The van der Waals surface area contributed by atoms with Crippen LogP contribution in [0, 0.1) is 0 Å². The number of benzene rings is 4. The van der Waals surface area contributed by atoms with Crippen LogP contribution in [0.1, 0.15) is 51.3 Å². The van der Waals surface area contributed by atoms with Gasteiger partial charge in [-0.15, -0.1) is 0 Å². The normalized spacial score (nSPS) is 11.5. The smallest absolute Gasteiger partial charge is 0.0366 e. The van der Waals surface area contributed by atoms with Crippen molar-refractivity contribution in [2.45, 2.75) is 34.6 Å². The molecule has 1 N–H and O–H groups in total. The SMILES string of the molecule is C=c1ccc(=C(/C=C/C=C(/c2ccc(NCC)cc2)c2ccc(N(CC)CC)cc2)c2ccc(N(CC)CC)cc2)cc1. The first kappa shape index (κ1) is 31.4. The van der Waals surface area contributed by atoms with E-state index in [2.05, 4.69) is 172 Å². The molecule has 0 atom stereocenters. The summed E-state index contributed by atoms with van der Waals surface area (Å²) in [6.07, 6.45) is 6.67. The summed E-state index contributed by atoms with van der Waals surface area (Å²) in [4.78, 5) is 4.75. The standard InChI is InChI=1S/C40H47N3/c1-7-41-36-25-19-33(20-26-36)40(35-23-29-38(30-24-35)43(10-4)11-5)14-12-13-39(32-17-15-31(6)16-18-32)34-21-27-37(28-22-34)42(8-2)9-3/h12-30,41H,6-11H2,1-5H3/b13-12+,40-14-. The van der Waals surface area contributed by atoms with Crippen molar-refractivity contribution in [2.75, 3.05) is 47.8 Å². The van der Waals surface area contributed by atoms with Gasteiger partial charge in [-0.25, -0.2) is 0 Å². The van der Waals surface area contributed by atoms with Crippen molar-refractivity contribution in [3.05, 3.63) is 142 Å². The van der Waals surface area contributed by atoms with Crippen molar-refractivity contribution in [2.24, 2.45) is 0 Å². The molecule has 4 aromatic rings. The van der Waals surface area contributed by atoms with Crippen LogP contribution in [-0.2, 0) is 0 Å². The molecule has 4 rings (SSSR count). The zero-order valence-corrected chi connectivity index (χ0v) is 26.6. The van der Waals surface area contributed by atoms with Crippen LogP contribution in [-0.4, -0.2) is 32.7 Å². The van der Waals surface area contributed by atoms with Crippen LogP contribution < -0.4 is 25.6 Å². The maximum atomic E-state index is 4.09. The predicted molar refractivity (Wildman–Crippen MR) is 191 cm³/mol. The van der Waals surface area contributed by atoms with Crippen LogP contribution in [0.15, 0.2) is 115 Å². The molecule has 0 aliphatic rings. The molecule has 0 saturated carbocycles. The van der Waals surface area contributed by atoms with E-state index in [1.807, 2.05) is 0 Å². The summed E-state index contributed by atoms with van der Waals surface area (Å²) in [6.45, 7) is 19.9. The van der Waals surface area contributed by atoms with Gasteiger partial charge in [0, 0.05) is 49.8 Å². The Hall–Kier alpha value is -4.50. The third-order valence-electron chi connectivity index (χ3n) is 7.98. The van der Waals surface area contributed by atoms with E-state index in [-0.39, 0.29) is 0 Å². The zero-order chi connectivity index (χ0) is 30.6. The summed E-state index contributed by atoms with van der Waals surface area (Å²) in [7, 11) is 0. The number of anilines is 3. The monoisotopic (exact) mass is 569 g/mol. The highest BCUT2D eigenvalue weighted by Crippen LogP contribution is 2.28. The van der Waals surface area contributed by atoms with Crippen LogP contribution >= 0.6 is 0 Å². The van der Waals surface area contributed by atoms with E-state index >= 15 is 0 Å². The van der Waals surface area contributed by atoms with E-state index in [1.165, 1.54) is 44.4 Å². The number of allylic oxidation sites excluding steroid dienone is 3. The lowest BCUT2D eigenvalue weighted by molar-refractivity contribution is 0.866. The van der Waals surface area contributed by atoms with Crippen LogP contribution in [0.4, 0.5) is 17.1 Å². The van der Waals surface area contributed by atoms with Gasteiger partial charge in [-0.2, -0.15) is 0 Å². The molecule has 0 aliphatic carbocycles. The average Bonchev–Trinajstić information content (AvgIpc) is 3.05. The highest BCUT2D eigenvalue weighted by molar-refractivity contribution is 5.83. The molecular weight excluding hydrogens is 522 g/mol. The van der Waals surface area contributed by atoms with Gasteiger partial charge in [0.15, 0.2) is 0 Å². The van der Waals surface area contributed by atoms with Gasteiger partial charge >= 0.3 is 0 Å². The molecule has 0 fully saturated rings. The minimum atomic E-state index is 0.904. The van der Waals surface area contributed by atoms with Gasteiger partial charge in [0.05, 0.1) is 0 Å². The van der Waals surface area contributed by atoms with Crippen LogP contribution in [0.2, 0.25) is 0 Å². The minimum Gasteiger partial charge on any atom is -0.385 e. The lowest BCUT2D eigenvalue weighted by Gasteiger charge is -2.21. The number of hydrogen-bond donors (Lipinski definition) is 1. The first-order valence-corrected chi connectivity index (χ1v) is 15.7. The van der Waals surface area contributed by atoms with E-state index in [1.54, 1.807) is 0 Å². The van der Waals surface area contributed by atoms with Crippen LogP contribution in [0.5, 0.6) is 0 Å². The molecule has 0 amide bonds. The molecule has 0 heterocycles. The molecule has 3 nitrogen and oxygen atoms in total. The fraction of sp³-hybridized carbons (Fsp3) is 0.250. The summed E-state index contributed by atoms with van der Waals surface area (Å²) >= 11 is 0. The minimum absolute atomic E-state index is 0.904. The van der Waals surface area contributed by atoms with Gasteiger partial charge < -0.3 is 15.1 Å². The Morgan fingerprint density at radius 1 is 0.605 bits per heavy atom. The van der Waals surface area contributed by atoms with Crippen molar-refractivity contribution in [3.8, 4) is 0 Å². The second-order valence-corrected chi connectivity index (χ2v) is 10.6. The summed E-state index contributed by atoms with van der Waals surface area (Å²) in [5, 5.41) is 5.60. The molecule has 0 aromatic heterocycles. The van der Waals surface area contributed by atoms with Crippen molar-refractivity contribution < 1.29 is 0 Å². The third-order valence-corrected chi connectivity index (χ3v) is 7.98. The van der Waals surface area contributed by atoms with Crippen molar-refractivity contribution in [1.82, 2.24) is 0 Å². The van der Waals surface area contributed by atoms with E-state index in [4.69, 9.17) is 0 Å². The summed E-state index contributed by atoms with van der Waals surface area (Å²) in [5.74, 6) is 0. The van der Waals surface area contributed by atoms with Gasteiger partial charge in [-0.3, -0.25) is 0 Å². The summed E-state index contributed by atoms with van der Waals surface area (Å²) < 4.78 is 0. The Labute approximate surface area is 259 Å². The molecule has 0 unspecified atom stereocenters. The Balaban J connectivity index is 1.78. The van der Waals surface area contributed by atoms with Crippen molar-refractivity contribution >= 4 is 34.8 Å². The number of nitrogens with one attached hydrogen (secondary N) is 1. The maximum Gasteiger partial charge on any atom is 0.0366 e. The van der Waals surface area contributed by atoms with Crippen molar-refractivity contribution in [1.29, 1.82) is 0 Å². The first-order valence-electron chi connectivity index (χ1n) is 15.7. The highest BCUT2D eigenvalue weighted by atomic mass is 15.1.